The first kappa shape index (κ1) is 13.0. The first-order valence-electron chi connectivity index (χ1n) is 5.85. The molecule has 7 heteroatoms. The first-order chi connectivity index (χ1) is 8.39. The highest BCUT2D eigenvalue weighted by Gasteiger charge is 2.42. The molecule has 4 nitrogen and oxygen atoms in total. The summed E-state index contributed by atoms with van der Waals surface area (Å²) in [6.07, 6.45) is -2.14. The lowest BCUT2D eigenvalue weighted by Crippen LogP contribution is -2.30. The van der Waals surface area contributed by atoms with Gasteiger partial charge in [0.15, 0.2) is 5.78 Å². The van der Waals surface area contributed by atoms with E-state index in [1.807, 2.05) is 0 Å². The number of alkyl halides is 3. The molecule has 0 unspecified atom stereocenters. The maximum atomic E-state index is 12.5. The van der Waals surface area contributed by atoms with Gasteiger partial charge in [0.25, 0.3) is 0 Å². The van der Waals surface area contributed by atoms with Crippen LogP contribution in [0.2, 0.25) is 0 Å². The summed E-state index contributed by atoms with van der Waals surface area (Å²) in [5.74, 6) is -1.74. The number of aryl methyl sites for hydroxylation is 1. The summed E-state index contributed by atoms with van der Waals surface area (Å²) in [6, 6.07) is 0. The smallest absolute Gasteiger partial charge is 0.292 e. The normalized spacial score (nSPS) is 25.1. The van der Waals surface area contributed by atoms with Gasteiger partial charge in [-0.1, -0.05) is 5.21 Å². The van der Waals surface area contributed by atoms with Crippen molar-refractivity contribution in [1.29, 1.82) is 0 Å². The number of hydrogen-bond donors (Lipinski definition) is 0. The van der Waals surface area contributed by atoms with E-state index in [2.05, 4.69) is 10.3 Å². The Morgan fingerprint density at radius 2 is 1.94 bits per heavy atom. The summed E-state index contributed by atoms with van der Waals surface area (Å²) in [7, 11) is 1.60. The number of aromatic nitrogens is 3. The zero-order valence-electron chi connectivity index (χ0n) is 9.94. The van der Waals surface area contributed by atoms with Crippen LogP contribution in [-0.4, -0.2) is 27.0 Å². The SMILES string of the molecule is Cn1nncc1C(=O)C1CCC(C(F)(F)F)CC1. The number of ketones is 1. The fourth-order valence-electron chi connectivity index (χ4n) is 2.40. The fourth-order valence-corrected chi connectivity index (χ4v) is 2.40. The van der Waals surface area contributed by atoms with E-state index in [4.69, 9.17) is 0 Å². The van der Waals surface area contributed by atoms with Crippen molar-refractivity contribution in [2.75, 3.05) is 0 Å². The minimum absolute atomic E-state index is 0.0329. The van der Waals surface area contributed by atoms with E-state index in [0.717, 1.165) is 0 Å². The van der Waals surface area contributed by atoms with Gasteiger partial charge in [-0.3, -0.25) is 4.79 Å². The first-order valence-corrected chi connectivity index (χ1v) is 5.85. The van der Waals surface area contributed by atoms with E-state index in [1.54, 1.807) is 7.05 Å². The maximum absolute atomic E-state index is 12.5. The van der Waals surface area contributed by atoms with Gasteiger partial charge in [-0.05, 0) is 25.7 Å². The van der Waals surface area contributed by atoms with Crippen molar-refractivity contribution in [2.24, 2.45) is 18.9 Å². The Balaban J connectivity index is 1.99. The van der Waals surface area contributed by atoms with Gasteiger partial charge in [0.05, 0.1) is 12.1 Å². The van der Waals surface area contributed by atoms with Crippen molar-refractivity contribution < 1.29 is 18.0 Å². The molecule has 0 bridgehead atoms. The molecule has 2 rings (SSSR count). The second-order valence-electron chi connectivity index (χ2n) is 4.70. The van der Waals surface area contributed by atoms with Gasteiger partial charge in [-0.2, -0.15) is 13.2 Å². The van der Waals surface area contributed by atoms with Gasteiger partial charge in [-0.25, -0.2) is 4.68 Å². The molecule has 0 spiro atoms. The second-order valence-corrected chi connectivity index (χ2v) is 4.70. The molecule has 1 fully saturated rings. The van der Waals surface area contributed by atoms with E-state index in [0.29, 0.717) is 5.69 Å². The van der Waals surface area contributed by atoms with Gasteiger partial charge in [0.2, 0.25) is 0 Å². The number of halogens is 3. The van der Waals surface area contributed by atoms with E-state index in [-0.39, 0.29) is 37.4 Å². The largest absolute Gasteiger partial charge is 0.391 e. The van der Waals surface area contributed by atoms with E-state index in [1.165, 1.54) is 10.9 Å². The minimum Gasteiger partial charge on any atom is -0.292 e. The Labute approximate surface area is 102 Å². The lowest BCUT2D eigenvalue weighted by molar-refractivity contribution is -0.183. The van der Waals surface area contributed by atoms with Crippen LogP contribution in [0.1, 0.15) is 36.2 Å². The van der Waals surface area contributed by atoms with E-state index < -0.39 is 12.1 Å². The topological polar surface area (TPSA) is 47.8 Å². The van der Waals surface area contributed by atoms with Crippen molar-refractivity contribution in [3.8, 4) is 0 Å². The average molecular weight is 261 g/mol. The summed E-state index contributed by atoms with van der Waals surface area (Å²) >= 11 is 0. The molecule has 1 aromatic rings. The monoisotopic (exact) mass is 261 g/mol. The van der Waals surface area contributed by atoms with E-state index in [9.17, 15) is 18.0 Å². The van der Waals surface area contributed by atoms with Crippen molar-refractivity contribution in [2.45, 2.75) is 31.9 Å². The van der Waals surface area contributed by atoms with Crippen LogP contribution in [0.15, 0.2) is 6.20 Å². The van der Waals surface area contributed by atoms with Crippen LogP contribution in [0, 0.1) is 11.8 Å². The average Bonchev–Trinajstić information content (AvgIpc) is 2.73. The number of carbonyl (C=O) groups is 1. The fraction of sp³-hybridized carbons (Fsp3) is 0.727. The third kappa shape index (κ3) is 2.54. The second kappa shape index (κ2) is 4.70. The summed E-state index contributed by atoms with van der Waals surface area (Å²) < 4.78 is 38.9. The third-order valence-corrected chi connectivity index (χ3v) is 3.53. The van der Waals surface area contributed by atoms with Crippen LogP contribution < -0.4 is 0 Å². The number of hydrogen-bond acceptors (Lipinski definition) is 3. The quantitative estimate of drug-likeness (QED) is 0.768. The molecular weight excluding hydrogens is 247 g/mol. The van der Waals surface area contributed by atoms with Gasteiger partial charge < -0.3 is 0 Å². The standard InChI is InChI=1S/C11H14F3N3O/c1-17-9(6-15-16-17)10(18)7-2-4-8(5-3-7)11(12,13)14/h6-8H,2-5H2,1H3. The molecule has 1 aliphatic rings. The molecule has 100 valence electrons. The van der Waals surface area contributed by atoms with Crippen LogP contribution in [0.4, 0.5) is 13.2 Å². The Hall–Kier alpha value is -1.40. The minimum atomic E-state index is -4.14. The summed E-state index contributed by atoms with van der Waals surface area (Å²) in [5.41, 5.74) is 0.366. The maximum Gasteiger partial charge on any atom is 0.391 e. The Morgan fingerprint density at radius 1 is 1.33 bits per heavy atom. The van der Waals surface area contributed by atoms with Gasteiger partial charge in [-0.15, -0.1) is 5.10 Å². The highest BCUT2D eigenvalue weighted by molar-refractivity contribution is 5.96. The molecule has 18 heavy (non-hydrogen) atoms. The molecule has 0 amide bonds. The Kier molecular flexibility index (Phi) is 3.41. The van der Waals surface area contributed by atoms with Crippen LogP contribution in [-0.2, 0) is 7.05 Å². The molecule has 1 aliphatic carbocycles. The molecule has 0 atom stereocenters. The lowest BCUT2D eigenvalue weighted by atomic mass is 9.79. The Morgan fingerprint density at radius 3 is 2.39 bits per heavy atom. The highest BCUT2D eigenvalue weighted by atomic mass is 19.4. The zero-order chi connectivity index (χ0) is 13.3. The van der Waals surface area contributed by atoms with Crippen molar-refractivity contribution >= 4 is 5.78 Å². The molecule has 1 aromatic heterocycles. The van der Waals surface area contributed by atoms with Crippen LogP contribution in [0.25, 0.3) is 0 Å². The lowest BCUT2D eigenvalue weighted by Gasteiger charge is -2.28. The Bertz CT molecular complexity index is 433. The summed E-state index contributed by atoms with van der Waals surface area (Å²) in [4.78, 5) is 12.1. The number of Topliss-reactive ketones (excluding diaryl/α,β-unsaturated/α-hetero) is 1. The predicted molar refractivity (Wildman–Crippen MR) is 56.8 cm³/mol. The number of carbonyl (C=O) groups excluding carboxylic acids is 1. The molecule has 0 aromatic carbocycles. The zero-order valence-corrected chi connectivity index (χ0v) is 9.94. The number of nitrogens with zero attached hydrogens (tertiary/aromatic N) is 3. The van der Waals surface area contributed by atoms with Gasteiger partial charge in [0, 0.05) is 13.0 Å². The molecule has 0 aliphatic heterocycles. The van der Waals surface area contributed by atoms with Crippen molar-refractivity contribution in [3.63, 3.8) is 0 Å². The molecular formula is C11H14F3N3O. The molecule has 0 saturated heterocycles. The summed E-state index contributed by atoms with van der Waals surface area (Å²) in [5, 5.41) is 7.26. The van der Waals surface area contributed by atoms with E-state index >= 15 is 0 Å². The summed E-state index contributed by atoms with van der Waals surface area (Å²) in [6.45, 7) is 0. The van der Waals surface area contributed by atoms with Crippen LogP contribution >= 0.6 is 0 Å². The van der Waals surface area contributed by atoms with Crippen molar-refractivity contribution in [3.05, 3.63) is 11.9 Å². The number of rotatable bonds is 2. The van der Waals surface area contributed by atoms with Crippen LogP contribution in [0.3, 0.4) is 0 Å². The molecule has 1 heterocycles. The van der Waals surface area contributed by atoms with Gasteiger partial charge in [0.1, 0.15) is 5.69 Å². The molecule has 0 radical (unpaired) electrons. The molecule has 0 N–H and O–H groups in total. The van der Waals surface area contributed by atoms with Crippen LogP contribution in [0.5, 0.6) is 0 Å². The molecule has 1 saturated carbocycles. The van der Waals surface area contributed by atoms with Crippen molar-refractivity contribution in [1.82, 2.24) is 15.0 Å². The van der Waals surface area contributed by atoms with Gasteiger partial charge >= 0.3 is 6.18 Å². The highest BCUT2D eigenvalue weighted by Crippen LogP contribution is 2.40. The third-order valence-electron chi connectivity index (χ3n) is 3.53. The predicted octanol–water partition coefficient (Wildman–Crippen LogP) is 2.37.